The van der Waals surface area contributed by atoms with Crippen molar-refractivity contribution in [3.8, 4) is 0 Å². The second-order valence-corrected chi connectivity index (χ2v) is 4.74. The monoisotopic (exact) mass is 257 g/mol. The van der Waals surface area contributed by atoms with Crippen molar-refractivity contribution in [1.82, 2.24) is 0 Å². The van der Waals surface area contributed by atoms with Crippen molar-refractivity contribution in [2.24, 2.45) is 11.7 Å². The van der Waals surface area contributed by atoms with Gasteiger partial charge in [0.1, 0.15) is 5.82 Å². The molecule has 0 heterocycles. The van der Waals surface area contributed by atoms with Gasteiger partial charge in [-0.15, -0.1) is 0 Å². The molecule has 0 radical (unpaired) electrons. The van der Waals surface area contributed by atoms with Crippen molar-refractivity contribution in [2.45, 2.75) is 25.3 Å². The van der Waals surface area contributed by atoms with Crippen molar-refractivity contribution in [3.05, 3.63) is 34.1 Å². The molecule has 0 aliphatic heterocycles. The van der Waals surface area contributed by atoms with Crippen molar-refractivity contribution in [3.63, 3.8) is 0 Å². The van der Waals surface area contributed by atoms with E-state index < -0.39 is 0 Å². The molecule has 0 spiro atoms. The number of benzene rings is 1. The minimum atomic E-state index is -0.227. The summed E-state index contributed by atoms with van der Waals surface area (Å²) in [5, 5.41) is 0. The Labute approximate surface area is 91.6 Å². The topological polar surface area (TPSA) is 26.0 Å². The molecule has 1 atom stereocenters. The van der Waals surface area contributed by atoms with Gasteiger partial charge < -0.3 is 5.73 Å². The van der Waals surface area contributed by atoms with Gasteiger partial charge in [-0.05, 0) is 52.4 Å². The highest BCUT2D eigenvalue weighted by molar-refractivity contribution is 9.10. The second kappa shape index (κ2) is 3.99. The minimum absolute atomic E-state index is 0.0700. The third-order valence-electron chi connectivity index (χ3n) is 2.99. The van der Waals surface area contributed by atoms with Crippen molar-refractivity contribution < 1.29 is 4.39 Å². The van der Waals surface area contributed by atoms with E-state index >= 15 is 0 Å². The molecule has 3 heteroatoms. The van der Waals surface area contributed by atoms with Crippen LogP contribution in [0, 0.1) is 11.7 Å². The van der Waals surface area contributed by atoms with E-state index in [2.05, 4.69) is 15.9 Å². The van der Waals surface area contributed by atoms with Crippen LogP contribution in [0.2, 0.25) is 0 Å². The van der Waals surface area contributed by atoms with E-state index in [1.807, 2.05) is 0 Å². The summed E-state index contributed by atoms with van der Waals surface area (Å²) < 4.78 is 13.5. The van der Waals surface area contributed by atoms with Gasteiger partial charge in [0.15, 0.2) is 0 Å². The molecule has 14 heavy (non-hydrogen) atoms. The Kier molecular flexibility index (Phi) is 2.88. The fraction of sp³-hybridized carbons (Fsp3) is 0.455. The highest BCUT2D eigenvalue weighted by atomic mass is 79.9. The summed E-state index contributed by atoms with van der Waals surface area (Å²) in [6.07, 6.45) is 3.69. The molecule has 1 aliphatic carbocycles. The van der Waals surface area contributed by atoms with E-state index in [1.54, 1.807) is 12.1 Å². The molecule has 1 nitrogen and oxygen atoms in total. The van der Waals surface area contributed by atoms with E-state index in [1.165, 1.54) is 25.3 Å². The van der Waals surface area contributed by atoms with Crippen molar-refractivity contribution in [1.29, 1.82) is 0 Å². The summed E-state index contributed by atoms with van der Waals surface area (Å²) in [5.41, 5.74) is 7.11. The van der Waals surface area contributed by atoms with Crippen LogP contribution < -0.4 is 5.73 Å². The van der Waals surface area contributed by atoms with Crippen LogP contribution >= 0.6 is 15.9 Å². The molecular formula is C11H13BrFN. The largest absolute Gasteiger partial charge is 0.324 e. The Morgan fingerprint density at radius 2 is 2.14 bits per heavy atom. The predicted octanol–water partition coefficient (Wildman–Crippen LogP) is 3.39. The fourth-order valence-electron chi connectivity index (χ4n) is 1.79. The first-order chi connectivity index (χ1) is 6.68. The normalized spacial score (nSPS) is 19.1. The van der Waals surface area contributed by atoms with Crippen LogP contribution in [0.1, 0.15) is 30.9 Å². The molecule has 0 amide bonds. The molecule has 2 rings (SSSR count). The summed E-state index contributed by atoms with van der Waals surface area (Å²) >= 11 is 3.17. The zero-order valence-corrected chi connectivity index (χ0v) is 9.43. The highest BCUT2D eigenvalue weighted by Gasteiger charge is 2.25. The lowest BCUT2D eigenvalue weighted by Gasteiger charge is -2.31. The zero-order chi connectivity index (χ0) is 10.1. The quantitative estimate of drug-likeness (QED) is 0.864. The molecule has 0 saturated heterocycles. The van der Waals surface area contributed by atoms with Crippen LogP contribution in [-0.4, -0.2) is 0 Å². The van der Waals surface area contributed by atoms with E-state index in [9.17, 15) is 4.39 Å². The Balaban J connectivity index is 2.18. The number of nitrogens with two attached hydrogens (primary N) is 1. The smallest absolute Gasteiger partial charge is 0.137 e. The zero-order valence-electron chi connectivity index (χ0n) is 7.84. The number of halogens is 2. The lowest BCUT2D eigenvalue weighted by Crippen LogP contribution is -2.26. The molecule has 1 aromatic rings. The summed E-state index contributed by atoms with van der Waals surface area (Å²) in [5.74, 6) is 0.363. The van der Waals surface area contributed by atoms with Crippen LogP contribution in [-0.2, 0) is 0 Å². The summed E-state index contributed by atoms with van der Waals surface area (Å²) in [6, 6.07) is 5.11. The van der Waals surface area contributed by atoms with Gasteiger partial charge in [0, 0.05) is 6.04 Å². The first kappa shape index (κ1) is 10.1. The first-order valence-corrected chi connectivity index (χ1v) is 5.68. The molecule has 1 aliphatic rings. The first-order valence-electron chi connectivity index (χ1n) is 4.89. The van der Waals surface area contributed by atoms with E-state index in [4.69, 9.17) is 5.73 Å². The maximum atomic E-state index is 13.0. The summed E-state index contributed by atoms with van der Waals surface area (Å²) in [6.45, 7) is 0. The SMILES string of the molecule is N[C@@H](c1ccc(F)c(Br)c1)C1CCC1. The minimum Gasteiger partial charge on any atom is -0.324 e. The summed E-state index contributed by atoms with van der Waals surface area (Å²) in [4.78, 5) is 0. The molecule has 1 aromatic carbocycles. The molecule has 2 N–H and O–H groups in total. The van der Waals surface area contributed by atoms with Crippen LogP contribution in [0.5, 0.6) is 0 Å². The average Bonchev–Trinajstić information content (AvgIpc) is 2.06. The van der Waals surface area contributed by atoms with Crippen LogP contribution in [0.3, 0.4) is 0 Å². The fourth-order valence-corrected chi connectivity index (χ4v) is 2.19. The van der Waals surface area contributed by atoms with Gasteiger partial charge in [-0.1, -0.05) is 12.5 Å². The lowest BCUT2D eigenvalue weighted by molar-refractivity contribution is 0.264. The molecule has 0 aromatic heterocycles. The maximum Gasteiger partial charge on any atom is 0.137 e. The van der Waals surface area contributed by atoms with Gasteiger partial charge in [-0.25, -0.2) is 4.39 Å². The molecule has 1 fully saturated rings. The molecule has 76 valence electrons. The average molecular weight is 258 g/mol. The van der Waals surface area contributed by atoms with Gasteiger partial charge in [0.2, 0.25) is 0 Å². The van der Waals surface area contributed by atoms with Gasteiger partial charge in [0.25, 0.3) is 0 Å². The van der Waals surface area contributed by atoms with Crippen LogP contribution in [0.25, 0.3) is 0 Å². The number of rotatable bonds is 2. The van der Waals surface area contributed by atoms with Gasteiger partial charge in [-0.2, -0.15) is 0 Å². The third kappa shape index (κ3) is 1.84. The van der Waals surface area contributed by atoms with Crippen LogP contribution in [0.15, 0.2) is 22.7 Å². The Morgan fingerprint density at radius 3 is 2.64 bits per heavy atom. The number of hydrogen-bond donors (Lipinski definition) is 1. The number of hydrogen-bond acceptors (Lipinski definition) is 1. The Morgan fingerprint density at radius 1 is 1.43 bits per heavy atom. The van der Waals surface area contributed by atoms with Crippen molar-refractivity contribution in [2.75, 3.05) is 0 Å². The maximum absolute atomic E-state index is 13.0. The van der Waals surface area contributed by atoms with Gasteiger partial charge in [-0.3, -0.25) is 0 Å². The summed E-state index contributed by atoms with van der Waals surface area (Å²) in [7, 11) is 0. The van der Waals surface area contributed by atoms with E-state index in [-0.39, 0.29) is 11.9 Å². The van der Waals surface area contributed by atoms with Crippen molar-refractivity contribution >= 4 is 15.9 Å². The van der Waals surface area contributed by atoms with Crippen LogP contribution in [0.4, 0.5) is 4.39 Å². The van der Waals surface area contributed by atoms with E-state index in [0.29, 0.717) is 10.4 Å². The molecule has 0 unspecified atom stereocenters. The van der Waals surface area contributed by atoms with E-state index in [0.717, 1.165) is 5.56 Å². The molecular weight excluding hydrogens is 245 g/mol. The Bertz CT molecular complexity index is 336. The third-order valence-corrected chi connectivity index (χ3v) is 3.59. The highest BCUT2D eigenvalue weighted by Crippen LogP contribution is 2.36. The predicted molar refractivity (Wildman–Crippen MR) is 58.4 cm³/mol. The second-order valence-electron chi connectivity index (χ2n) is 3.89. The molecule has 1 saturated carbocycles. The Hall–Kier alpha value is -0.410. The lowest BCUT2D eigenvalue weighted by atomic mass is 9.78. The van der Waals surface area contributed by atoms with Gasteiger partial charge in [0.05, 0.1) is 4.47 Å². The van der Waals surface area contributed by atoms with Gasteiger partial charge >= 0.3 is 0 Å². The standard InChI is InChI=1S/C11H13BrFN/c12-9-6-8(4-5-10(9)13)11(14)7-2-1-3-7/h4-7,11H,1-3,14H2/t11-/m1/s1. The molecule has 0 bridgehead atoms.